The average Bonchev–Trinajstić information content (AvgIpc) is 2.80. The average molecular weight is 221 g/mol. The molecule has 90 valence electrons. The molecular formula is C13H23N3. The van der Waals surface area contributed by atoms with Gasteiger partial charge in [0.2, 0.25) is 0 Å². The molecule has 0 radical (unpaired) electrons. The number of imidazole rings is 1. The van der Waals surface area contributed by atoms with E-state index in [4.69, 9.17) is 0 Å². The van der Waals surface area contributed by atoms with E-state index in [1.165, 1.54) is 25.7 Å². The lowest BCUT2D eigenvalue weighted by Gasteiger charge is -2.36. The molecular weight excluding hydrogens is 198 g/mol. The molecule has 3 atom stereocenters. The molecule has 1 aliphatic carbocycles. The Morgan fingerprint density at radius 3 is 3.00 bits per heavy atom. The zero-order chi connectivity index (χ0) is 11.4. The van der Waals surface area contributed by atoms with Crippen LogP contribution in [-0.4, -0.2) is 22.1 Å². The lowest BCUT2D eigenvalue weighted by atomic mass is 9.83. The number of hydrogen-bond acceptors (Lipinski definition) is 2. The molecule has 3 unspecified atom stereocenters. The van der Waals surface area contributed by atoms with Crippen molar-refractivity contribution in [1.82, 2.24) is 14.9 Å². The summed E-state index contributed by atoms with van der Waals surface area (Å²) in [5.74, 6) is 0.840. The number of rotatable bonds is 4. The summed E-state index contributed by atoms with van der Waals surface area (Å²) in [4.78, 5) is 4.17. The molecule has 0 amide bonds. The van der Waals surface area contributed by atoms with Gasteiger partial charge >= 0.3 is 0 Å². The standard InChI is InChI=1S/C13H23N3/c1-3-6-15-12-5-4-11(2)9-13(12)16-8-7-14-10-16/h7-8,10-13,15H,3-6,9H2,1-2H3. The quantitative estimate of drug-likeness (QED) is 0.847. The van der Waals surface area contributed by atoms with Crippen LogP contribution in [0, 0.1) is 5.92 Å². The molecule has 1 saturated carbocycles. The highest BCUT2D eigenvalue weighted by atomic mass is 15.1. The second-order valence-corrected chi connectivity index (χ2v) is 5.06. The summed E-state index contributed by atoms with van der Waals surface area (Å²) in [5.41, 5.74) is 0. The van der Waals surface area contributed by atoms with Crippen LogP contribution in [0.25, 0.3) is 0 Å². The topological polar surface area (TPSA) is 29.9 Å². The van der Waals surface area contributed by atoms with E-state index in [0.717, 1.165) is 12.5 Å². The molecule has 1 aromatic heterocycles. The van der Waals surface area contributed by atoms with E-state index in [-0.39, 0.29) is 0 Å². The first-order valence-corrected chi connectivity index (χ1v) is 6.52. The molecule has 3 nitrogen and oxygen atoms in total. The van der Waals surface area contributed by atoms with Crippen molar-refractivity contribution in [2.24, 2.45) is 5.92 Å². The third-order valence-corrected chi connectivity index (χ3v) is 3.64. The highest BCUT2D eigenvalue weighted by Crippen LogP contribution is 2.32. The third kappa shape index (κ3) is 2.64. The molecule has 0 bridgehead atoms. The van der Waals surface area contributed by atoms with Crippen molar-refractivity contribution >= 4 is 0 Å². The summed E-state index contributed by atoms with van der Waals surface area (Å²) in [5, 5.41) is 3.68. The van der Waals surface area contributed by atoms with E-state index in [1.54, 1.807) is 0 Å². The summed E-state index contributed by atoms with van der Waals surface area (Å²) in [7, 11) is 0. The van der Waals surface area contributed by atoms with Gasteiger partial charge in [-0.1, -0.05) is 13.8 Å². The second kappa shape index (κ2) is 5.48. The number of nitrogens with zero attached hydrogens (tertiary/aromatic N) is 2. The highest BCUT2D eigenvalue weighted by Gasteiger charge is 2.28. The van der Waals surface area contributed by atoms with E-state index < -0.39 is 0 Å². The Bertz CT molecular complexity index is 292. The van der Waals surface area contributed by atoms with Crippen LogP contribution in [0.4, 0.5) is 0 Å². The molecule has 1 aliphatic rings. The van der Waals surface area contributed by atoms with Crippen molar-refractivity contribution in [2.75, 3.05) is 6.54 Å². The Morgan fingerprint density at radius 1 is 1.44 bits per heavy atom. The SMILES string of the molecule is CCCNC1CCC(C)CC1n1ccnc1. The normalized spacial score (nSPS) is 30.5. The monoisotopic (exact) mass is 221 g/mol. The summed E-state index contributed by atoms with van der Waals surface area (Å²) >= 11 is 0. The Balaban J connectivity index is 2.03. The van der Waals surface area contributed by atoms with Gasteiger partial charge in [0.25, 0.3) is 0 Å². The van der Waals surface area contributed by atoms with Gasteiger partial charge in [0.1, 0.15) is 0 Å². The van der Waals surface area contributed by atoms with Crippen molar-refractivity contribution in [3.63, 3.8) is 0 Å². The van der Waals surface area contributed by atoms with Gasteiger partial charge in [0.15, 0.2) is 0 Å². The number of hydrogen-bond donors (Lipinski definition) is 1. The fourth-order valence-corrected chi connectivity index (χ4v) is 2.71. The minimum absolute atomic E-state index is 0.595. The maximum atomic E-state index is 4.17. The van der Waals surface area contributed by atoms with Gasteiger partial charge < -0.3 is 9.88 Å². The van der Waals surface area contributed by atoms with Crippen LogP contribution >= 0.6 is 0 Å². The lowest BCUT2D eigenvalue weighted by molar-refractivity contribution is 0.215. The van der Waals surface area contributed by atoms with Crippen LogP contribution in [0.5, 0.6) is 0 Å². The van der Waals surface area contributed by atoms with Crippen molar-refractivity contribution < 1.29 is 0 Å². The summed E-state index contributed by atoms with van der Waals surface area (Å²) < 4.78 is 2.28. The van der Waals surface area contributed by atoms with E-state index in [9.17, 15) is 0 Å². The zero-order valence-corrected chi connectivity index (χ0v) is 10.4. The Morgan fingerprint density at radius 2 is 2.31 bits per heavy atom. The largest absolute Gasteiger partial charge is 0.333 e. The maximum Gasteiger partial charge on any atom is 0.0949 e. The summed E-state index contributed by atoms with van der Waals surface area (Å²) in [6.07, 6.45) is 11.1. The van der Waals surface area contributed by atoms with Crippen LogP contribution < -0.4 is 5.32 Å². The zero-order valence-electron chi connectivity index (χ0n) is 10.4. The molecule has 0 saturated heterocycles. The van der Waals surface area contributed by atoms with Crippen molar-refractivity contribution in [1.29, 1.82) is 0 Å². The van der Waals surface area contributed by atoms with E-state index in [0.29, 0.717) is 12.1 Å². The fourth-order valence-electron chi connectivity index (χ4n) is 2.71. The Labute approximate surface area is 98.3 Å². The van der Waals surface area contributed by atoms with Gasteiger partial charge in [-0.15, -0.1) is 0 Å². The van der Waals surface area contributed by atoms with Gasteiger partial charge in [-0.05, 0) is 38.1 Å². The molecule has 0 spiro atoms. The first-order valence-electron chi connectivity index (χ1n) is 6.52. The molecule has 1 N–H and O–H groups in total. The third-order valence-electron chi connectivity index (χ3n) is 3.64. The van der Waals surface area contributed by atoms with Crippen LogP contribution in [0.1, 0.15) is 45.6 Å². The van der Waals surface area contributed by atoms with Crippen LogP contribution in [-0.2, 0) is 0 Å². The highest BCUT2D eigenvalue weighted by molar-refractivity contribution is 4.91. The molecule has 3 heteroatoms. The number of aromatic nitrogens is 2. The maximum absolute atomic E-state index is 4.17. The molecule has 0 aliphatic heterocycles. The van der Waals surface area contributed by atoms with Gasteiger partial charge in [-0.2, -0.15) is 0 Å². The minimum Gasteiger partial charge on any atom is -0.333 e. The number of nitrogens with one attached hydrogen (secondary N) is 1. The first-order chi connectivity index (χ1) is 7.81. The first kappa shape index (κ1) is 11.6. The molecule has 0 aromatic carbocycles. The molecule has 2 rings (SSSR count). The Kier molecular flexibility index (Phi) is 3.99. The van der Waals surface area contributed by atoms with Crippen molar-refractivity contribution in [3.8, 4) is 0 Å². The summed E-state index contributed by atoms with van der Waals surface area (Å²) in [6.45, 7) is 5.72. The van der Waals surface area contributed by atoms with Crippen molar-refractivity contribution in [3.05, 3.63) is 18.7 Å². The van der Waals surface area contributed by atoms with Crippen LogP contribution in [0.15, 0.2) is 18.7 Å². The minimum atomic E-state index is 0.595. The van der Waals surface area contributed by atoms with Crippen molar-refractivity contribution in [2.45, 2.75) is 51.6 Å². The molecule has 1 heterocycles. The van der Waals surface area contributed by atoms with E-state index in [2.05, 4.69) is 34.9 Å². The molecule has 16 heavy (non-hydrogen) atoms. The van der Waals surface area contributed by atoms with Gasteiger partial charge in [0, 0.05) is 18.4 Å². The van der Waals surface area contributed by atoms with Crippen LogP contribution in [0.2, 0.25) is 0 Å². The lowest BCUT2D eigenvalue weighted by Crippen LogP contribution is -2.41. The van der Waals surface area contributed by atoms with Gasteiger partial charge in [-0.25, -0.2) is 4.98 Å². The predicted octanol–water partition coefficient (Wildman–Crippen LogP) is 2.61. The molecule has 1 fully saturated rings. The van der Waals surface area contributed by atoms with E-state index >= 15 is 0 Å². The van der Waals surface area contributed by atoms with Gasteiger partial charge in [-0.3, -0.25) is 0 Å². The predicted molar refractivity (Wildman–Crippen MR) is 66.4 cm³/mol. The van der Waals surface area contributed by atoms with E-state index in [1.807, 2.05) is 12.5 Å². The fraction of sp³-hybridized carbons (Fsp3) is 0.769. The molecule has 1 aromatic rings. The smallest absolute Gasteiger partial charge is 0.0949 e. The Hall–Kier alpha value is -0.830. The van der Waals surface area contributed by atoms with Gasteiger partial charge in [0.05, 0.1) is 12.4 Å². The summed E-state index contributed by atoms with van der Waals surface area (Å²) in [6, 6.07) is 1.23. The van der Waals surface area contributed by atoms with Crippen LogP contribution in [0.3, 0.4) is 0 Å². The second-order valence-electron chi connectivity index (χ2n) is 5.06.